The zero-order valence-electron chi connectivity index (χ0n) is 12.3. The molecule has 0 spiro atoms. The first kappa shape index (κ1) is 14.6. The van der Waals surface area contributed by atoms with Gasteiger partial charge in [0.1, 0.15) is 11.4 Å². The number of carbonyl (C=O) groups excluding carboxylic acids is 3. The highest BCUT2D eigenvalue weighted by Crippen LogP contribution is 2.48. The normalized spacial score (nSPS) is 28.9. The molecule has 3 atom stereocenters. The molecule has 4 rings (SSSR count). The Balaban J connectivity index is 1.62. The van der Waals surface area contributed by atoms with Gasteiger partial charge in [-0.05, 0) is 24.5 Å². The second-order valence-corrected chi connectivity index (χ2v) is 7.12. The van der Waals surface area contributed by atoms with Gasteiger partial charge in [-0.1, -0.05) is 18.2 Å². The van der Waals surface area contributed by atoms with Gasteiger partial charge >= 0.3 is 0 Å². The number of thioether (sulfide) groups is 1. The van der Waals surface area contributed by atoms with Crippen molar-refractivity contribution in [2.24, 2.45) is 0 Å². The highest BCUT2D eigenvalue weighted by Gasteiger charge is 2.50. The van der Waals surface area contributed by atoms with Gasteiger partial charge in [0.05, 0.1) is 12.0 Å². The van der Waals surface area contributed by atoms with Crippen molar-refractivity contribution in [2.75, 3.05) is 12.3 Å². The maximum absolute atomic E-state index is 12.8. The van der Waals surface area contributed by atoms with Crippen molar-refractivity contribution in [3.05, 3.63) is 35.4 Å². The minimum Gasteiger partial charge on any atom is -0.548 e. The van der Waals surface area contributed by atoms with Crippen molar-refractivity contribution in [3.8, 4) is 0 Å². The van der Waals surface area contributed by atoms with E-state index in [1.807, 2.05) is 18.2 Å². The Labute approximate surface area is 137 Å². The van der Waals surface area contributed by atoms with Gasteiger partial charge in [0.15, 0.2) is 0 Å². The Morgan fingerprint density at radius 1 is 1.22 bits per heavy atom. The van der Waals surface area contributed by atoms with E-state index in [2.05, 4.69) is 0 Å². The van der Waals surface area contributed by atoms with E-state index in [4.69, 9.17) is 0 Å². The van der Waals surface area contributed by atoms with Crippen LogP contribution in [0.4, 0.5) is 0 Å². The van der Waals surface area contributed by atoms with Crippen LogP contribution in [0.1, 0.15) is 34.1 Å². The second-order valence-electron chi connectivity index (χ2n) is 6.01. The molecule has 0 bridgehead atoms. The minimum absolute atomic E-state index is 0.141. The third kappa shape index (κ3) is 2.06. The van der Waals surface area contributed by atoms with Gasteiger partial charge in [0, 0.05) is 17.9 Å². The second kappa shape index (κ2) is 5.26. The molecule has 0 aliphatic carbocycles. The summed E-state index contributed by atoms with van der Waals surface area (Å²) >= 11 is 1.56. The topological polar surface area (TPSA) is 80.7 Å². The highest BCUT2D eigenvalue weighted by molar-refractivity contribution is 7.99. The molecule has 3 heterocycles. The van der Waals surface area contributed by atoms with Crippen LogP contribution in [0.25, 0.3) is 0 Å². The largest absolute Gasteiger partial charge is 0.548 e. The lowest BCUT2D eigenvalue weighted by Gasteiger charge is -2.31. The molecule has 23 heavy (non-hydrogen) atoms. The maximum atomic E-state index is 12.8. The fourth-order valence-electron chi connectivity index (χ4n) is 3.70. The zero-order valence-corrected chi connectivity index (χ0v) is 13.1. The van der Waals surface area contributed by atoms with Gasteiger partial charge in [-0.3, -0.25) is 9.59 Å². The average Bonchev–Trinajstić information content (AvgIpc) is 3.24. The van der Waals surface area contributed by atoms with Crippen LogP contribution in [0.15, 0.2) is 24.3 Å². The summed E-state index contributed by atoms with van der Waals surface area (Å²) in [5.41, 5.74) is 1.58. The summed E-state index contributed by atoms with van der Waals surface area (Å²) in [6.45, 7) is 0.415. The molecule has 0 aromatic heterocycles. The van der Waals surface area contributed by atoms with Gasteiger partial charge < -0.3 is 19.7 Å². The van der Waals surface area contributed by atoms with Crippen molar-refractivity contribution in [3.63, 3.8) is 0 Å². The predicted octanol–water partition coefficient (Wildman–Crippen LogP) is -0.00270. The molecule has 2 fully saturated rings. The molecule has 0 N–H and O–H groups in total. The van der Waals surface area contributed by atoms with Crippen molar-refractivity contribution >= 4 is 29.5 Å². The van der Waals surface area contributed by atoms with E-state index >= 15 is 0 Å². The number of rotatable bonds is 2. The van der Waals surface area contributed by atoms with E-state index in [1.165, 1.54) is 4.90 Å². The molecule has 0 saturated carbocycles. The van der Waals surface area contributed by atoms with E-state index in [1.54, 1.807) is 22.7 Å². The summed E-state index contributed by atoms with van der Waals surface area (Å²) < 4.78 is 0. The lowest BCUT2D eigenvalue weighted by atomic mass is 10.1. The molecule has 7 heteroatoms. The Bertz CT molecular complexity index is 707. The van der Waals surface area contributed by atoms with Crippen LogP contribution in [0.3, 0.4) is 0 Å². The van der Waals surface area contributed by atoms with Gasteiger partial charge in [0.2, 0.25) is 5.91 Å². The number of carboxylic acids is 1. The third-order valence-corrected chi connectivity index (χ3v) is 6.09. The van der Waals surface area contributed by atoms with E-state index in [-0.39, 0.29) is 17.2 Å². The van der Waals surface area contributed by atoms with Crippen LogP contribution in [-0.2, 0) is 9.59 Å². The van der Waals surface area contributed by atoms with E-state index in [0.29, 0.717) is 30.7 Å². The predicted molar refractivity (Wildman–Crippen MR) is 81.3 cm³/mol. The SMILES string of the molecule is O=C([O-])[C@H]1CCCN1C(=O)[C@@H]1CS[C@@H]2c3ccccc3C(=O)N21. The Hall–Kier alpha value is -2.02. The number of nitrogens with zero attached hydrogens (tertiary/aromatic N) is 2. The summed E-state index contributed by atoms with van der Waals surface area (Å²) in [6, 6.07) is 5.93. The number of aliphatic carboxylic acids is 1. The lowest BCUT2D eigenvalue weighted by molar-refractivity contribution is -0.310. The molecule has 3 aliphatic heterocycles. The van der Waals surface area contributed by atoms with Crippen molar-refractivity contribution in [1.82, 2.24) is 9.80 Å². The molecule has 2 saturated heterocycles. The Morgan fingerprint density at radius 3 is 2.78 bits per heavy atom. The van der Waals surface area contributed by atoms with Gasteiger partial charge in [-0.25, -0.2) is 0 Å². The monoisotopic (exact) mass is 331 g/mol. The van der Waals surface area contributed by atoms with Crippen LogP contribution in [-0.4, -0.2) is 52.0 Å². The molecule has 3 aliphatic rings. The molecule has 1 aromatic carbocycles. The third-order valence-electron chi connectivity index (χ3n) is 4.79. The molecule has 0 radical (unpaired) electrons. The van der Waals surface area contributed by atoms with Gasteiger partial charge in [-0.2, -0.15) is 0 Å². The van der Waals surface area contributed by atoms with E-state index in [9.17, 15) is 19.5 Å². The zero-order chi connectivity index (χ0) is 16.1. The standard InChI is InChI=1S/C16H16N2O4S/c19-13-9-4-1-2-5-10(9)15-18(13)12(8-23-15)14(20)17-7-3-6-11(17)16(21)22/h1-2,4-5,11-12,15H,3,6-8H2,(H,21,22)/p-1/t11-,12+,15-/m1/s1. The van der Waals surface area contributed by atoms with Crippen LogP contribution >= 0.6 is 11.8 Å². The molecule has 2 amide bonds. The summed E-state index contributed by atoms with van der Waals surface area (Å²) in [4.78, 5) is 39.7. The first-order valence-corrected chi connectivity index (χ1v) is 8.69. The number of carboxylic acid groups (broad SMARTS) is 1. The van der Waals surface area contributed by atoms with Crippen LogP contribution in [0, 0.1) is 0 Å². The van der Waals surface area contributed by atoms with E-state index < -0.39 is 18.1 Å². The average molecular weight is 331 g/mol. The number of amides is 2. The quantitative estimate of drug-likeness (QED) is 0.762. The number of likely N-dealkylation sites (tertiary alicyclic amines) is 1. The number of fused-ring (bicyclic) bond motifs is 3. The summed E-state index contributed by atoms with van der Waals surface area (Å²) in [5.74, 6) is -1.13. The molecular weight excluding hydrogens is 316 g/mol. The Morgan fingerprint density at radius 2 is 2.00 bits per heavy atom. The summed E-state index contributed by atoms with van der Waals surface area (Å²) in [5, 5.41) is 11.1. The number of benzene rings is 1. The molecule has 120 valence electrons. The van der Waals surface area contributed by atoms with Crippen LogP contribution < -0.4 is 5.11 Å². The molecule has 0 unspecified atom stereocenters. The number of carbonyl (C=O) groups is 3. The first-order chi connectivity index (χ1) is 11.1. The lowest BCUT2D eigenvalue weighted by Crippen LogP contribution is -2.53. The molecular formula is C16H15N2O4S-. The fraction of sp³-hybridized carbons (Fsp3) is 0.438. The van der Waals surface area contributed by atoms with Gasteiger partial charge in [-0.15, -0.1) is 11.8 Å². The highest BCUT2D eigenvalue weighted by atomic mass is 32.2. The maximum Gasteiger partial charge on any atom is 0.256 e. The van der Waals surface area contributed by atoms with Crippen LogP contribution in [0.5, 0.6) is 0 Å². The summed E-state index contributed by atoms with van der Waals surface area (Å²) in [7, 11) is 0. The van der Waals surface area contributed by atoms with E-state index in [0.717, 1.165) is 5.56 Å². The number of hydrogen-bond acceptors (Lipinski definition) is 5. The first-order valence-electron chi connectivity index (χ1n) is 7.64. The fourth-order valence-corrected chi connectivity index (χ4v) is 5.15. The Kier molecular flexibility index (Phi) is 3.33. The summed E-state index contributed by atoms with van der Waals surface area (Å²) in [6.07, 6.45) is 1.08. The molecule has 6 nitrogen and oxygen atoms in total. The van der Waals surface area contributed by atoms with Crippen LogP contribution in [0.2, 0.25) is 0 Å². The smallest absolute Gasteiger partial charge is 0.256 e. The molecule has 1 aromatic rings. The van der Waals surface area contributed by atoms with Crippen molar-refractivity contribution in [2.45, 2.75) is 30.3 Å². The van der Waals surface area contributed by atoms with Crippen molar-refractivity contribution in [1.29, 1.82) is 0 Å². The number of hydrogen-bond donors (Lipinski definition) is 0. The van der Waals surface area contributed by atoms with Gasteiger partial charge in [0.25, 0.3) is 5.91 Å². The minimum atomic E-state index is -1.21. The van der Waals surface area contributed by atoms with Crippen molar-refractivity contribution < 1.29 is 19.5 Å².